The number of alkyl halides is 3. The molecule has 6 nitrogen and oxygen atoms in total. The number of halogens is 3. The van der Waals surface area contributed by atoms with E-state index in [0.29, 0.717) is 31.6 Å². The fourth-order valence-corrected chi connectivity index (χ4v) is 3.12. The fourth-order valence-electron chi connectivity index (χ4n) is 3.12. The molecule has 1 N–H and O–H groups in total. The van der Waals surface area contributed by atoms with Crippen molar-refractivity contribution in [3.05, 3.63) is 54.9 Å². The molecule has 1 aromatic heterocycles. The summed E-state index contributed by atoms with van der Waals surface area (Å²) in [5.41, 5.74) is -0.175. The Hall–Kier alpha value is -3.10. The minimum atomic E-state index is -4.45. The zero-order valence-corrected chi connectivity index (χ0v) is 14.9. The molecular formula is C19H19F3N4O2. The summed E-state index contributed by atoms with van der Waals surface area (Å²) in [6.07, 6.45) is 0.946. The fraction of sp³-hybridized carbons (Fsp3) is 0.316. The van der Waals surface area contributed by atoms with Crippen molar-refractivity contribution in [3.63, 3.8) is 0 Å². The maximum atomic E-state index is 12.9. The summed E-state index contributed by atoms with van der Waals surface area (Å²) in [6.45, 7) is 4.34. The first-order chi connectivity index (χ1) is 13.3. The van der Waals surface area contributed by atoms with Crippen LogP contribution >= 0.6 is 0 Å². The predicted octanol–water partition coefficient (Wildman–Crippen LogP) is 3.25. The molecule has 1 aliphatic rings. The number of hydrogen-bond acceptors (Lipinski definition) is 3. The van der Waals surface area contributed by atoms with Gasteiger partial charge in [0, 0.05) is 13.1 Å². The number of likely N-dealkylation sites (tertiary alicyclic amines) is 1. The minimum Gasteiger partial charge on any atom is -0.338 e. The average molecular weight is 392 g/mol. The quantitative estimate of drug-likeness (QED) is 0.813. The van der Waals surface area contributed by atoms with Crippen LogP contribution in [0.15, 0.2) is 49.3 Å². The Balaban J connectivity index is 1.68. The van der Waals surface area contributed by atoms with E-state index in [2.05, 4.69) is 17.0 Å². The van der Waals surface area contributed by atoms with Gasteiger partial charge in [-0.3, -0.25) is 9.59 Å². The molecule has 1 saturated heterocycles. The summed E-state index contributed by atoms with van der Waals surface area (Å²) in [6, 6.07) is 4.76. The molecule has 0 spiro atoms. The van der Waals surface area contributed by atoms with Gasteiger partial charge in [0.05, 0.1) is 35.2 Å². The zero-order chi connectivity index (χ0) is 20.3. The summed E-state index contributed by atoms with van der Waals surface area (Å²) >= 11 is 0. The minimum absolute atomic E-state index is 0.213. The monoisotopic (exact) mass is 392 g/mol. The van der Waals surface area contributed by atoms with E-state index in [1.165, 1.54) is 35.3 Å². The van der Waals surface area contributed by atoms with Crippen molar-refractivity contribution in [3.8, 4) is 5.69 Å². The van der Waals surface area contributed by atoms with Gasteiger partial charge in [0.25, 0.3) is 0 Å². The highest BCUT2D eigenvalue weighted by atomic mass is 19.4. The lowest BCUT2D eigenvalue weighted by molar-refractivity contribution is -0.137. The number of hydrogen-bond donors (Lipinski definition) is 1. The topological polar surface area (TPSA) is 67.2 Å². The highest BCUT2D eigenvalue weighted by molar-refractivity contribution is 5.93. The Morgan fingerprint density at radius 2 is 2.11 bits per heavy atom. The molecule has 0 radical (unpaired) electrons. The SMILES string of the molecule is C=CC(=O)N1CCC[C@@H](C(=O)Nc2cnn(-c3cccc(C(F)(F)F)c3)c2)C1. The molecule has 2 aromatic rings. The van der Waals surface area contributed by atoms with Crippen LogP contribution in [-0.4, -0.2) is 39.6 Å². The Kier molecular flexibility index (Phi) is 5.53. The van der Waals surface area contributed by atoms with E-state index in [9.17, 15) is 22.8 Å². The van der Waals surface area contributed by atoms with Gasteiger partial charge >= 0.3 is 6.18 Å². The molecule has 3 rings (SSSR count). The van der Waals surface area contributed by atoms with Crippen molar-refractivity contribution in [2.75, 3.05) is 18.4 Å². The van der Waals surface area contributed by atoms with Crippen LogP contribution in [0.3, 0.4) is 0 Å². The van der Waals surface area contributed by atoms with Crippen LogP contribution in [0, 0.1) is 5.92 Å². The van der Waals surface area contributed by atoms with Gasteiger partial charge in [0.1, 0.15) is 0 Å². The highest BCUT2D eigenvalue weighted by Gasteiger charge is 2.31. The average Bonchev–Trinajstić information content (AvgIpc) is 3.15. The maximum Gasteiger partial charge on any atom is 0.416 e. The second-order valence-electron chi connectivity index (χ2n) is 6.54. The van der Waals surface area contributed by atoms with Crippen LogP contribution in [0.2, 0.25) is 0 Å². The van der Waals surface area contributed by atoms with E-state index < -0.39 is 11.7 Å². The van der Waals surface area contributed by atoms with Crippen LogP contribution in [0.25, 0.3) is 5.69 Å². The molecule has 2 amide bonds. The molecule has 0 unspecified atom stereocenters. The largest absolute Gasteiger partial charge is 0.416 e. The smallest absolute Gasteiger partial charge is 0.338 e. The highest BCUT2D eigenvalue weighted by Crippen LogP contribution is 2.30. The standard InChI is InChI=1S/C19H19F3N4O2/c1-2-17(27)25-8-4-5-13(11-25)18(28)24-15-10-23-26(12-15)16-7-3-6-14(9-16)19(20,21)22/h2-3,6-7,9-10,12-13H,1,4-5,8,11H2,(H,24,28)/t13-/m1/s1. The summed E-state index contributed by atoms with van der Waals surface area (Å²) < 4.78 is 39.8. The van der Waals surface area contributed by atoms with Gasteiger partial charge in [0.15, 0.2) is 0 Å². The normalized spacial score (nSPS) is 17.2. The molecular weight excluding hydrogens is 373 g/mol. The first-order valence-corrected chi connectivity index (χ1v) is 8.72. The van der Waals surface area contributed by atoms with Crippen molar-refractivity contribution < 1.29 is 22.8 Å². The zero-order valence-electron chi connectivity index (χ0n) is 14.9. The first kappa shape index (κ1) is 19.7. The van der Waals surface area contributed by atoms with Gasteiger partial charge in [-0.1, -0.05) is 12.6 Å². The number of carbonyl (C=O) groups is 2. The van der Waals surface area contributed by atoms with Gasteiger partial charge in [-0.25, -0.2) is 4.68 Å². The van der Waals surface area contributed by atoms with Gasteiger partial charge in [-0.15, -0.1) is 0 Å². The number of amides is 2. The van der Waals surface area contributed by atoms with E-state index >= 15 is 0 Å². The Labute approximate surface area is 159 Å². The van der Waals surface area contributed by atoms with Crippen LogP contribution in [-0.2, 0) is 15.8 Å². The molecule has 1 atom stereocenters. The van der Waals surface area contributed by atoms with Crippen LogP contribution in [0.1, 0.15) is 18.4 Å². The predicted molar refractivity (Wildman–Crippen MR) is 96.7 cm³/mol. The van der Waals surface area contributed by atoms with E-state index in [0.717, 1.165) is 12.1 Å². The van der Waals surface area contributed by atoms with Crippen molar-refractivity contribution in [2.45, 2.75) is 19.0 Å². The second-order valence-corrected chi connectivity index (χ2v) is 6.54. The molecule has 148 valence electrons. The van der Waals surface area contributed by atoms with Crippen LogP contribution in [0.5, 0.6) is 0 Å². The van der Waals surface area contributed by atoms with E-state index in [1.807, 2.05) is 0 Å². The third-order valence-corrected chi connectivity index (χ3v) is 4.57. The lowest BCUT2D eigenvalue weighted by Crippen LogP contribution is -2.43. The number of piperidine rings is 1. The number of rotatable bonds is 4. The molecule has 28 heavy (non-hydrogen) atoms. The third kappa shape index (κ3) is 4.41. The summed E-state index contributed by atoms with van der Waals surface area (Å²) in [4.78, 5) is 25.8. The summed E-state index contributed by atoms with van der Waals surface area (Å²) in [7, 11) is 0. The second kappa shape index (κ2) is 7.87. The number of benzene rings is 1. The Morgan fingerprint density at radius 3 is 2.82 bits per heavy atom. The van der Waals surface area contributed by atoms with E-state index in [4.69, 9.17) is 0 Å². The molecule has 2 heterocycles. The first-order valence-electron chi connectivity index (χ1n) is 8.72. The summed E-state index contributed by atoms with van der Waals surface area (Å²) in [5, 5.41) is 6.74. The van der Waals surface area contributed by atoms with E-state index in [-0.39, 0.29) is 23.4 Å². The molecule has 1 aromatic carbocycles. The molecule has 1 fully saturated rings. The van der Waals surface area contributed by atoms with Crippen molar-refractivity contribution in [2.24, 2.45) is 5.92 Å². The van der Waals surface area contributed by atoms with Gasteiger partial charge in [-0.2, -0.15) is 18.3 Å². The van der Waals surface area contributed by atoms with Gasteiger partial charge in [0.2, 0.25) is 11.8 Å². The number of anilines is 1. The lowest BCUT2D eigenvalue weighted by atomic mass is 9.97. The number of carbonyl (C=O) groups excluding carboxylic acids is 2. The lowest BCUT2D eigenvalue weighted by Gasteiger charge is -2.31. The number of nitrogens with zero attached hydrogens (tertiary/aromatic N) is 3. The van der Waals surface area contributed by atoms with Gasteiger partial charge < -0.3 is 10.2 Å². The number of nitrogens with one attached hydrogen (secondary N) is 1. The van der Waals surface area contributed by atoms with Crippen LogP contribution in [0.4, 0.5) is 18.9 Å². The third-order valence-electron chi connectivity index (χ3n) is 4.57. The summed E-state index contributed by atoms with van der Waals surface area (Å²) in [5.74, 6) is -0.838. The molecule has 0 saturated carbocycles. The molecule has 0 bridgehead atoms. The molecule has 1 aliphatic heterocycles. The number of aromatic nitrogens is 2. The molecule has 0 aliphatic carbocycles. The van der Waals surface area contributed by atoms with Gasteiger partial charge in [-0.05, 0) is 37.1 Å². The van der Waals surface area contributed by atoms with Crippen molar-refractivity contribution >= 4 is 17.5 Å². The van der Waals surface area contributed by atoms with E-state index in [1.54, 1.807) is 4.90 Å². The Morgan fingerprint density at radius 1 is 1.32 bits per heavy atom. The Bertz CT molecular complexity index is 891. The van der Waals surface area contributed by atoms with Crippen LogP contribution < -0.4 is 5.32 Å². The van der Waals surface area contributed by atoms with Crippen molar-refractivity contribution in [1.29, 1.82) is 0 Å². The van der Waals surface area contributed by atoms with Crippen molar-refractivity contribution in [1.82, 2.24) is 14.7 Å². The molecule has 9 heteroatoms. The maximum absolute atomic E-state index is 12.9.